The molecule has 1 aliphatic carbocycles. The Hall–Kier alpha value is -2.04. The molecule has 1 saturated carbocycles. The molecule has 1 amide bonds. The van der Waals surface area contributed by atoms with Gasteiger partial charge in [-0.25, -0.2) is 0 Å². The Labute approximate surface area is 130 Å². The number of carboxylic acids is 1. The quantitative estimate of drug-likeness (QED) is 0.845. The first-order valence-corrected chi connectivity index (χ1v) is 7.86. The summed E-state index contributed by atoms with van der Waals surface area (Å²) in [5.41, 5.74) is 0.745. The highest BCUT2D eigenvalue weighted by Gasteiger charge is 2.29. The number of carboxylic acid groups (broad SMARTS) is 1. The second-order valence-corrected chi connectivity index (χ2v) is 5.75. The normalized spacial score (nSPS) is 21.1. The number of rotatable bonds is 6. The van der Waals surface area contributed by atoms with Crippen molar-refractivity contribution in [3.05, 3.63) is 24.3 Å². The van der Waals surface area contributed by atoms with E-state index in [1.165, 1.54) is 0 Å². The van der Waals surface area contributed by atoms with E-state index in [-0.39, 0.29) is 17.7 Å². The lowest BCUT2D eigenvalue weighted by Crippen LogP contribution is -2.29. The largest absolute Gasteiger partial charge is 0.494 e. The van der Waals surface area contributed by atoms with Gasteiger partial charge in [-0.1, -0.05) is 6.92 Å². The van der Waals surface area contributed by atoms with E-state index in [0.29, 0.717) is 32.3 Å². The van der Waals surface area contributed by atoms with Crippen LogP contribution in [0.5, 0.6) is 5.75 Å². The molecule has 22 heavy (non-hydrogen) atoms. The lowest BCUT2D eigenvalue weighted by Gasteiger charge is -2.25. The minimum absolute atomic E-state index is 0.0222. The molecule has 0 atom stereocenters. The molecule has 1 fully saturated rings. The molecule has 0 aromatic heterocycles. The van der Waals surface area contributed by atoms with Crippen molar-refractivity contribution >= 4 is 17.6 Å². The maximum Gasteiger partial charge on any atom is 0.306 e. The van der Waals surface area contributed by atoms with Crippen LogP contribution < -0.4 is 10.1 Å². The van der Waals surface area contributed by atoms with Crippen molar-refractivity contribution < 1.29 is 19.4 Å². The minimum Gasteiger partial charge on any atom is -0.494 e. The zero-order valence-corrected chi connectivity index (χ0v) is 12.9. The molecule has 0 bridgehead atoms. The fourth-order valence-electron chi connectivity index (χ4n) is 2.70. The molecular formula is C17H23NO4. The van der Waals surface area contributed by atoms with Crippen LogP contribution in [-0.2, 0) is 9.59 Å². The third-order valence-corrected chi connectivity index (χ3v) is 4.04. The number of benzene rings is 1. The molecule has 0 saturated heterocycles. The van der Waals surface area contributed by atoms with Crippen LogP contribution in [0.3, 0.4) is 0 Å². The molecule has 0 heterocycles. The Kier molecular flexibility index (Phi) is 5.81. The summed E-state index contributed by atoms with van der Waals surface area (Å²) < 4.78 is 5.50. The predicted molar refractivity (Wildman–Crippen MR) is 83.9 cm³/mol. The average molecular weight is 305 g/mol. The first-order valence-electron chi connectivity index (χ1n) is 7.86. The molecule has 0 spiro atoms. The average Bonchev–Trinajstić information content (AvgIpc) is 2.54. The summed E-state index contributed by atoms with van der Waals surface area (Å²) in [7, 11) is 0. The van der Waals surface area contributed by atoms with Gasteiger partial charge in [-0.3, -0.25) is 9.59 Å². The highest BCUT2D eigenvalue weighted by atomic mass is 16.5. The van der Waals surface area contributed by atoms with Crippen LogP contribution in [0.25, 0.3) is 0 Å². The lowest BCUT2D eigenvalue weighted by atomic mass is 9.81. The third kappa shape index (κ3) is 4.48. The molecule has 1 aromatic rings. The summed E-state index contributed by atoms with van der Waals surface area (Å²) in [6.45, 7) is 2.73. The van der Waals surface area contributed by atoms with Crippen LogP contribution in [0, 0.1) is 11.8 Å². The zero-order valence-electron chi connectivity index (χ0n) is 12.9. The molecular weight excluding hydrogens is 282 g/mol. The molecule has 5 heteroatoms. The van der Waals surface area contributed by atoms with Gasteiger partial charge in [0.1, 0.15) is 5.75 Å². The molecule has 0 radical (unpaired) electrons. The van der Waals surface area contributed by atoms with Gasteiger partial charge in [0.25, 0.3) is 0 Å². The molecule has 2 rings (SSSR count). The van der Waals surface area contributed by atoms with Crippen LogP contribution >= 0.6 is 0 Å². The number of carbonyl (C=O) groups is 2. The Bertz CT molecular complexity index is 504. The molecule has 120 valence electrons. The number of amides is 1. The molecule has 1 aromatic carbocycles. The second kappa shape index (κ2) is 7.82. The van der Waals surface area contributed by atoms with Crippen LogP contribution in [0.2, 0.25) is 0 Å². The van der Waals surface area contributed by atoms with Crippen molar-refractivity contribution in [2.75, 3.05) is 11.9 Å². The lowest BCUT2D eigenvalue weighted by molar-refractivity contribution is -0.143. The first-order chi connectivity index (χ1) is 10.6. The highest BCUT2D eigenvalue weighted by Crippen LogP contribution is 2.30. The summed E-state index contributed by atoms with van der Waals surface area (Å²) in [5.74, 6) is -0.361. The number of ether oxygens (including phenoxy) is 1. The predicted octanol–water partition coefficient (Wildman–Crippen LogP) is 3.30. The Morgan fingerprint density at radius 2 is 1.73 bits per heavy atom. The number of hydrogen-bond donors (Lipinski definition) is 2. The van der Waals surface area contributed by atoms with Crippen LogP contribution in [0.4, 0.5) is 5.69 Å². The van der Waals surface area contributed by atoms with E-state index in [0.717, 1.165) is 17.9 Å². The van der Waals surface area contributed by atoms with E-state index in [1.54, 1.807) is 0 Å². The zero-order chi connectivity index (χ0) is 15.9. The van der Waals surface area contributed by atoms with Crippen molar-refractivity contribution in [1.29, 1.82) is 0 Å². The number of carbonyl (C=O) groups excluding carboxylic acids is 1. The van der Waals surface area contributed by atoms with E-state index in [4.69, 9.17) is 9.84 Å². The number of anilines is 1. The van der Waals surface area contributed by atoms with Crippen LogP contribution in [0.15, 0.2) is 24.3 Å². The highest BCUT2D eigenvalue weighted by molar-refractivity contribution is 5.92. The molecule has 2 N–H and O–H groups in total. The van der Waals surface area contributed by atoms with Gasteiger partial charge < -0.3 is 15.2 Å². The first kappa shape index (κ1) is 16.3. The monoisotopic (exact) mass is 305 g/mol. The summed E-state index contributed by atoms with van der Waals surface area (Å²) >= 11 is 0. The van der Waals surface area contributed by atoms with Gasteiger partial charge in [-0.05, 0) is 56.4 Å². The van der Waals surface area contributed by atoms with E-state index in [1.807, 2.05) is 31.2 Å². The van der Waals surface area contributed by atoms with Crippen molar-refractivity contribution in [2.45, 2.75) is 39.0 Å². The van der Waals surface area contributed by atoms with E-state index >= 15 is 0 Å². The second-order valence-electron chi connectivity index (χ2n) is 5.75. The summed E-state index contributed by atoms with van der Waals surface area (Å²) in [4.78, 5) is 23.1. The number of hydrogen-bond acceptors (Lipinski definition) is 3. The van der Waals surface area contributed by atoms with Crippen LogP contribution in [0.1, 0.15) is 39.0 Å². The molecule has 1 aliphatic rings. The Morgan fingerprint density at radius 3 is 2.27 bits per heavy atom. The SMILES string of the molecule is CCCOc1ccc(NC(=O)C2CCC(C(=O)O)CC2)cc1. The molecule has 5 nitrogen and oxygen atoms in total. The maximum atomic E-state index is 12.2. The summed E-state index contributed by atoms with van der Waals surface area (Å²) in [5, 5.41) is 11.9. The van der Waals surface area contributed by atoms with Crippen molar-refractivity contribution in [3.8, 4) is 5.75 Å². The van der Waals surface area contributed by atoms with Crippen molar-refractivity contribution in [2.24, 2.45) is 11.8 Å². The fourth-order valence-corrected chi connectivity index (χ4v) is 2.70. The van der Waals surface area contributed by atoms with Gasteiger partial charge in [0.15, 0.2) is 0 Å². The maximum absolute atomic E-state index is 12.2. The van der Waals surface area contributed by atoms with Gasteiger partial charge >= 0.3 is 5.97 Å². The van der Waals surface area contributed by atoms with E-state index in [2.05, 4.69) is 5.32 Å². The van der Waals surface area contributed by atoms with Gasteiger partial charge in [-0.2, -0.15) is 0 Å². The van der Waals surface area contributed by atoms with Crippen LogP contribution in [-0.4, -0.2) is 23.6 Å². The topological polar surface area (TPSA) is 75.6 Å². The van der Waals surface area contributed by atoms with E-state index in [9.17, 15) is 9.59 Å². The van der Waals surface area contributed by atoms with Gasteiger partial charge in [0, 0.05) is 11.6 Å². The fraction of sp³-hybridized carbons (Fsp3) is 0.529. The standard InChI is InChI=1S/C17H23NO4/c1-2-11-22-15-9-7-14(8-10-15)18-16(19)12-3-5-13(6-4-12)17(20)21/h7-10,12-13H,2-6,11H2,1H3,(H,18,19)(H,20,21). The smallest absolute Gasteiger partial charge is 0.306 e. The van der Waals surface area contributed by atoms with Crippen molar-refractivity contribution in [1.82, 2.24) is 0 Å². The van der Waals surface area contributed by atoms with Crippen molar-refractivity contribution in [3.63, 3.8) is 0 Å². The summed E-state index contributed by atoms with van der Waals surface area (Å²) in [6.07, 6.45) is 3.40. The number of nitrogens with one attached hydrogen (secondary N) is 1. The third-order valence-electron chi connectivity index (χ3n) is 4.04. The molecule has 0 aliphatic heterocycles. The Balaban J connectivity index is 1.83. The van der Waals surface area contributed by atoms with Gasteiger partial charge in [0.05, 0.1) is 12.5 Å². The summed E-state index contributed by atoms with van der Waals surface area (Å²) in [6, 6.07) is 7.33. The van der Waals surface area contributed by atoms with Gasteiger partial charge in [0.2, 0.25) is 5.91 Å². The molecule has 0 unspecified atom stereocenters. The number of aliphatic carboxylic acids is 1. The van der Waals surface area contributed by atoms with Gasteiger partial charge in [-0.15, -0.1) is 0 Å². The van der Waals surface area contributed by atoms with E-state index < -0.39 is 5.97 Å². The minimum atomic E-state index is -0.749. The Morgan fingerprint density at radius 1 is 1.14 bits per heavy atom.